The van der Waals surface area contributed by atoms with E-state index >= 15 is 0 Å². The number of halogens is 1. The van der Waals surface area contributed by atoms with Crippen LogP contribution >= 0.6 is 15.9 Å². The maximum absolute atomic E-state index is 12.7. The number of nitrogens with zero attached hydrogens (tertiary/aromatic N) is 2. The summed E-state index contributed by atoms with van der Waals surface area (Å²) in [5, 5.41) is 7.67. The highest BCUT2D eigenvalue weighted by atomic mass is 79.9. The molecule has 1 aromatic rings. The highest BCUT2D eigenvalue weighted by Gasteiger charge is 2.38. The minimum atomic E-state index is -0.211. The van der Waals surface area contributed by atoms with Crippen LogP contribution < -0.4 is 10.9 Å². The van der Waals surface area contributed by atoms with Crippen LogP contribution in [0, 0.1) is 5.92 Å². The van der Waals surface area contributed by atoms with E-state index < -0.39 is 0 Å². The number of rotatable bonds is 4. The summed E-state index contributed by atoms with van der Waals surface area (Å²) in [6.07, 6.45) is 6.37. The van der Waals surface area contributed by atoms with Gasteiger partial charge in [-0.1, -0.05) is 6.42 Å². The number of nitrogens with one attached hydrogen (secondary N) is 1. The van der Waals surface area contributed by atoms with Crippen LogP contribution in [0.2, 0.25) is 0 Å². The van der Waals surface area contributed by atoms with Crippen LogP contribution in [-0.4, -0.2) is 28.0 Å². The monoisotopic (exact) mass is 355 g/mol. The van der Waals surface area contributed by atoms with Gasteiger partial charge in [-0.25, -0.2) is 4.68 Å². The van der Waals surface area contributed by atoms with E-state index in [0.29, 0.717) is 11.6 Å². The second kappa shape index (κ2) is 5.72. The van der Waals surface area contributed by atoms with Gasteiger partial charge in [-0.2, -0.15) is 5.10 Å². The molecule has 2 heterocycles. The molecular weight excluding hydrogens is 334 g/mol. The Morgan fingerprint density at radius 2 is 2.33 bits per heavy atom. The Morgan fingerprint density at radius 1 is 1.57 bits per heavy atom. The second-order valence-corrected chi connectivity index (χ2v) is 7.31. The van der Waals surface area contributed by atoms with Crippen LogP contribution in [0.5, 0.6) is 0 Å². The lowest BCUT2D eigenvalue weighted by Crippen LogP contribution is -2.44. The Morgan fingerprint density at radius 3 is 2.90 bits per heavy atom. The van der Waals surface area contributed by atoms with E-state index in [0.717, 1.165) is 24.0 Å². The molecule has 21 heavy (non-hydrogen) atoms. The lowest BCUT2D eigenvalue weighted by molar-refractivity contribution is 0.105. The molecule has 5 nitrogen and oxygen atoms in total. The van der Waals surface area contributed by atoms with E-state index in [9.17, 15) is 4.79 Å². The molecule has 6 heteroatoms. The zero-order valence-electron chi connectivity index (χ0n) is 12.6. The maximum atomic E-state index is 12.7. The summed E-state index contributed by atoms with van der Waals surface area (Å²) in [5.74, 6) is 0.605. The van der Waals surface area contributed by atoms with Gasteiger partial charge in [0.25, 0.3) is 5.56 Å². The summed E-state index contributed by atoms with van der Waals surface area (Å²) in [7, 11) is 0. The van der Waals surface area contributed by atoms with Crippen molar-refractivity contribution in [2.75, 3.05) is 11.9 Å². The van der Waals surface area contributed by atoms with E-state index in [1.165, 1.54) is 19.3 Å². The van der Waals surface area contributed by atoms with Gasteiger partial charge in [-0.3, -0.25) is 4.79 Å². The van der Waals surface area contributed by atoms with Crippen LogP contribution in [0.1, 0.15) is 39.5 Å². The van der Waals surface area contributed by atoms with E-state index in [1.54, 1.807) is 10.9 Å². The minimum absolute atomic E-state index is 0.0448. The Hall–Kier alpha value is -0.880. The van der Waals surface area contributed by atoms with Crippen molar-refractivity contribution in [2.45, 2.75) is 57.7 Å². The molecule has 1 N–H and O–H groups in total. The fraction of sp³-hybridized carbons (Fsp3) is 0.733. The molecule has 0 radical (unpaired) electrons. The summed E-state index contributed by atoms with van der Waals surface area (Å²) < 4.78 is 7.96. The standard InChI is InChI=1S/C15H22BrN3O2/c1-10-15(2,6-7-21-10)18-13-12(16)8-17-19(14(13)20)9-11-4-3-5-11/h8,10-11,18H,3-7,9H2,1-2H3. The van der Waals surface area contributed by atoms with Crippen LogP contribution in [0.3, 0.4) is 0 Å². The average Bonchev–Trinajstić information content (AvgIpc) is 2.72. The molecule has 2 unspecified atom stereocenters. The van der Waals surface area contributed by atoms with Gasteiger partial charge < -0.3 is 10.1 Å². The normalized spacial score (nSPS) is 29.4. The fourth-order valence-corrected chi connectivity index (χ4v) is 3.28. The van der Waals surface area contributed by atoms with Crippen molar-refractivity contribution in [3.05, 3.63) is 21.0 Å². The van der Waals surface area contributed by atoms with Crippen molar-refractivity contribution < 1.29 is 4.74 Å². The largest absolute Gasteiger partial charge is 0.376 e. The number of ether oxygens (including phenoxy) is 1. The zero-order chi connectivity index (χ0) is 15.0. The smallest absolute Gasteiger partial charge is 0.291 e. The number of aromatic nitrogens is 2. The van der Waals surface area contributed by atoms with Gasteiger partial charge >= 0.3 is 0 Å². The summed E-state index contributed by atoms with van der Waals surface area (Å²) in [4.78, 5) is 12.7. The molecule has 2 fully saturated rings. The third-order valence-electron chi connectivity index (χ3n) is 4.95. The van der Waals surface area contributed by atoms with Crippen molar-refractivity contribution in [1.29, 1.82) is 0 Å². The molecule has 2 aliphatic rings. The van der Waals surface area contributed by atoms with Crippen molar-refractivity contribution in [1.82, 2.24) is 9.78 Å². The Labute approximate surface area is 133 Å². The lowest BCUT2D eigenvalue weighted by atomic mass is 9.85. The summed E-state index contributed by atoms with van der Waals surface area (Å²) in [6.45, 7) is 5.60. The zero-order valence-corrected chi connectivity index (χ0v) is 14.1. The van der Waals surface area contributed by atoms with E-state index in [4.69, 9.17) is 4.74 Å². The molecule has 1 saturated heterocycles. The average molecular weight is 356 g/mol. The van der Waals surface area contributed by atoms with Crippen molar-refractivity contribution in [2.24, 2.45) is 5.92 Å². The van der Waals surface area contributed by atoms with Gasteiger partial charge in [0, 0.05) is 13.2 Å². The molecule has 3 rings (SSSR count). The minimum Gasteiger partial charge on any atom is -0.376 e. The highest BCUT2D eigenvalue weighted by molar-refractivity contribution is 9.10. The third-order valence-corrected chi connectivity index (χ3v) is 5.55. The third kappa shape index (κ3) is 2.88. The number of anilines is 1. The summed E-state index contributed by atoms with van der Waals surface area (Å²) in [5.41, 5.74) is 0.345. The molecule has 0 aromatic carbocycles. The predicted octanol–water partition coefficient (Wildman–Crippen LogP) is 2.79. The number of hydrogen-bond acceptors (Lipinski definition) is 4. The first-order chi connectivity index (χ1) is 9.99. The first kappa shape index (κ1) is 15.0. The van der Waals surface area contributed by atoms with Gasteiger partial charge in [0.1, 0.15) is 5.69 Å². The maximum Gasteiger partial charge on any atom is 0.291 e. The quantitative estimate of drug-likeness (QED) is 0.901. The Kier molecular flexibility index (Phi) is 4.10. The molecule has 0 amide bonds. The fourth-order valence-electron chi connectivity index (χ4n) is 2.92. The molecule has 0 spiro atoms. The first-order valence-corrected chi connectivity index (χ1v) is 8.44. The molecule has 1 aliphatic heterocycles. The van der Waals surface area contributed by atoms with Crippen molar-refractivity contribution >= 4 is 21.6 Å². The van der Waals surface area contributed by atoms with Crippen LogP contribution in [0.4, 0.5) is 5.69 Å². The van der Waals surface area contributed by atoms with Gasteiger partial charge in [-0.05, 0) is 55.0 Å². The first-order valence-electron chi connectivity index (χ1n) is 7.65. The van der Waals surface area contributed by atoms with Gasteiger partial charge in [0.05, 0.1) is 22.3 Å². The van der Waals surface area contributed by atoms with E-state index in [1.807, 2.05) is 6.92 Å². The van der Waals surface area contributed by atoms with E-state index in [-0.39, 0.29) is 17.2 Å². The lowest BCUT2D eigenvalue weighted by Gasteiger charge is -2.30. The molecule has 1 aliphatic carbocycles. The molecule has 1 saturated carbocycles. The summed E-state index contributed by atoms with van der Waals surface area (Å²) >= 11 is 3.45. The van der Waals surface area contributed by atoms with Crippen LogP contribution in [0.15, 0.2) is 15.5 Å². The van der Waals surface area contributed by atoms with Crippen molar-refractivity contribution in [3.63, 3.8) is 0 Å². The second-order valence-electron chi connectivity index (χ2n) is 6.46. The number of hydrogen-bond donors (Lipinski definition) is 1. The molecule has 2 atom stereocenters. The molecule has 0 bridgehead atoms. The Balaban J connectivity index is 1.86. The van der Waals surface area contributed by atoms with Crippen LogP contribution in [-0.2, 0) is 11.3 Å². The molecule has 1 aromatic heterocycles. The van der Waals surface area contributed by atoms with Gasteiger partial charge in [-0.15, -0.1) is 0 Å². The van der Waals surface area contributed by atoms with Gasteiger partial charge in [0.15, 0.2) is 0 Å². The summed E-state index contributed by atoms with van der Waals surface area (Å²) in [6, 6.07) is 0. The van der Waals surface area contributed by atoms with E-state index in [2.05, 4.69) is 33.3 Å². The highest BCUT2D eigenvalue weighted by Crippen LogP contribution is 2.31. The van der Waals surface area contributed by atoms with Gasteiger partial charge in [0.2, 0.25) is 0 Å². The molecule has 116 valence electrons. The van der Waals surface area contributed by atoms with Crippen molar-refractivity contribution in [3.8, 4) is 0 Å². The topological polar surface area (TPSA) is 56.1 Å². The predicted molar refractivity (Wildman–Crippen MR) is 85.6 cm³/mol. The van der Waals surface area contributed by atoms with Crippen LogP contribution in [0.25, 0.3) is 0 Å². The molecular formula is C15H22BrN3O2. The Bertz CT molecular complexity index is 585. The SMILES string of the molecule is CC1OCCC1(C)Nc1c(Br)cnn(CC2CCC2)c1=O.